The molecule has 4 heavy (non-hydrogen) atoms. The van der Waals surface area contributed by atoms with E-state index in [1.165, 1.54) is 0 Å². The normalized spacial score (nSPS) is 4.50. The van der Waals surface area contributed by atoms with Gasteiger partial charge in [-0.3, -0.25) is 0 Å². The van der Waals surface area contributed by atoms with Gasteiger partial charge in [-0.15, -0.1) is 0 Å². The Balaban J connectivity index is -0.0000000200. The van der Waals surface area contributed by atoms with Gasteiger partial charge in [-0.1, -0.05) is 7.43 Å². The van der Waals surface area contributed by atoms with E-state index in [1.54, 1.807) is 14.2 Å². The number of ether oxygens (including phenoxy) is 1. The molecule has 0 fully saturated rings. The molecule has 0 atom stereocenters. The molecule has 1 nitrogen and oxygen atoms in total. The lowest BCUT2D eigenvalue weighted by Crippen LogP contribution is -1.55. The van der Waals surface area contributed by atoms with Crippen molar-refractivity contribution in [2.45, 2.75) is 7.43 Å². The summed E-state index contributed by atoms with van der Waals surface area (Å²) >= 11 is 0. The highest BCUT2D eigenvalue weighted by molar-refractivity contribution is 3.56. The highest BCUT2D eigenvalue weighted by Gasteiger charge is 1.25. The minimum absolute atomic E-state index is 0. The zero-order valence-electron chi connectivity index (χ0n) is 2.41. The topological polar surface area (TPSA) is 9.23 Å². The number of hydrogen-bond acceptors (Lipinski definition) is 1. The first kappa shape index (κ1) is 9.03. The van der Waals surface area contributed by atoms with Crippen molar-refractivity contribution in [3.8, 4) is 0 Å². The quantitative estimate of drug-likeness (QED) is 0.411. The van der Waals surface area contributed by atoms with Crippen LogP contribution in [-0.2, 0) is 4.74 Å². The zero-order chi connectivity index (χ0) is 2.71. The second-order valence-corrected chi connectivity index (χ2v) is 0.408. The Morgan fingerprint density at radius 3 is 1.50 bits per heavy atom. The molecule has 0 aliphatic heterocycles. The molecule has 0 saturated carbocycles. The largest absolute Gasteiger partial charge is 0.388 e. The molecular formula is C3H12O. The summed E-state index contributed by atoms with van der Waals surface area (Å²) in [4.78, 5) is 0. The molecule has 1 heteroatoms. The van der Waals surface area contributed by atoms with Crippen LogP contribution >= 0.6 is 0 Å². The Kier molecular flexibility index (Phi) is 27.9. The average Bonchev–Trinajstić information content (AvgIpc) is 0.918. The minimum atomic E-state index is 0. The molecule has 0 saturated heterocycles. The molecule has 0 spiro atoms. The van der Waals surface area contributed by atoms with Crippen molar-refractivity contribution in [1.82, 2.24) is 0 Å². The van der Waals surface area contributed by atoms with Gasteiger partial charge in [0, 0.05) is 15.6 Å². The van der Waals surface area contributed by atoms with Gasteiger partial charge in [-0.25, -0.2) is 0 Å². The fourth-order valence-corrected chi connectivity index (χ4v) is 0. The van der Waals surface area contributed by atoms with Gasteiger partial charge in [0.25, 0.3) is 0 Å². The second-order valence-electron chi connectivity index (χ2n) is 0.408. The van der Waals surface area contributed by atoms with Gasteiger partial charge in [0.2, 0.25) is 0 Å². The lowest BCUT2D eigenvalue weighted by molar-refractivity contribution is 0.277. The molecule has 0 amide bonds. The maximum Gasteiger partial charge on any atom is 0.0351 e. The average molecular weight is 65.1 g/mol. The van der Waals surface area contributed by atoms with E-state index in [-0.39, 0.29) is 8.85 Å². The smallest absolute Gasteiger partial charge is 0.0351 e. The molecule has 30 valence electrons. The van der Waals surface area contributed by atoms with Crippen LogP contribution in [0.2, 0.25) is 0 Å². The van der Waals surface area contributed by atoms with Gasteiger partial charge >= 0.3 is 0 Å². The SMILES string of the molecule is C.COC.[2HH]. The summed E-state index contributed by atoms with van der Waals surface area (Å²) in [5.74, 6) is 0. The Morgan fingerprint density at radius 2 is 1.50 bits per heavy atom. The van der Waals surface area contributed by atoms with E-state index in [0.29, 0.717) is 0 Å². The van der Waals surface area contributed by atoms with Crippen LogP contribution < -0.4 is 0 Å². The lowest BCUT2D eigenvalue weighted by Gasteiger charge is -1.61. The summed E-state index contributed by atoms with van der Waals surface area (Å²) < 4.78 is 4.25. The fraction of sp³-hybridized carbons (Fsp3) is 1.00. The van der Waals surface area contributed by atoms with Crippen molar-refractivity contribution in [1.29, 1.82) is 0 Å². The highest BCUT2D eigenvalue weighted by atomic mass is 16.4. The van der Waals surface area contributed by atoms with Crippen LogP contribution in [0.1, 0.15) is 8.85 Å². The van der Waals surface area contributed by atoms with Gasteiger partial charge in [0.1, 0.15) is 0 Å². The van der Waals surface area contributed by atoms with E-state index < -0.39 is 0 Å². The van der Waals surface area contributed by atoms with Gasteiger partial charge in [0.05, 0.1) is 0 Å². The van der Waals surface area contributed by atoms with Crippen molar-refractivity contribution in [3.63, 3.8) is 0 Å². The van der Waals surface area contributed by atoms with Crippen molar-refractivity contribution < 1.29 is 6.16 Å². The first-order valence-electron chi connectivity index (χ1n) is 0.816. The monoisotopic (exact) mass is 65.1 g/mol. The van der Waals surface area contributed by atoms with E-state index >= 15 is 0 Å². The minimum Gasteiger partial charge on any atom is -0.388 e. The molecule has 0 aliphatic rings. The van der Waals surface area contributed by atoms with E-state index in [4.69, 9.17) is 0 Å². The van der Waals surface area contributed by atoms with Crippen molar-refractivity contribution >= 4 is 0 Å². The first-order valence-corrected chi connectivity index (χ1v) is 0.816. The number of hydrogen-bond donors (Lipinski definition) is 0. The summed E-state index contributed by atoms with van der Waals surface area (Å²) in [6.07, 6.45) is 0. The molecule has 0 N–H and O–H groups in total. The Morgan fingerprint density at radius 1 is 1.50 bits per heavy atom. The van der Waals surface area contributed by atoms with Crippen LogP contribution in [0.3, 0.4) is 0 Å². The Labute approximate surface area is 29.1 Å². The summed E-state index contributed by atoms with van der Waals surface area (Å²) in [5, 5.41) is 0. The van der Waals surface area contributed by atoms with Crippen LogP contribution in [0.25, 0.3) is 0 Å². The third-order valence-electron chi connectivity index (χ3n) is 0. The van der Waals surface area contributed by atoms with Crippen LogP contribution in [0, 0.1) is 0 Å². The van der Waals surface area contributed by atoms with Gasteiger partial charge in [0.15, 0.2) is 0 Å². The lowest BCUT2D eigenvalue weighted by atomic mass is 11.6. The Hall–Kier alpha value is -0.0400. The van der Waals surface area contributed by atoms with E-state index in [0.717, 1.165) is 0 Å². The second kappa shape index (κ2) is 12.3. The molecular weight excluding hydrogens is 52.0 g/mol. The molecule has 0 aliphatic carbocycles. The summed E-state index contributed by atoms with van der Waals surface area (Å²) in [6, 6.07) is 0. The molecule has 0 bridgehead atoms. The van der Waals surface area contributed by atoms with Crippen LogP contribution in [-0.4, -0.2) is 14.2 Å². The van der Waals surface area contributed by atoms with Crippen LogP contribution in [0.5, 0.6) is 0 Å². The highest BCUT2D eigenvalue weighted by Crippen LogP contribution is 1.28. The molecule has 0 rings (SSSR count). The van der Waals surface area contributed by atoms with Crippen molar-refractivity contribution in [3.05, 3.63) is 0 Å². The predicted octanol–water partition coefficient (Wildman–Crippen LogP) is 1.14. The van der Waals surface area contributed by atoms with Crippen LogP contribution in [0.4, 0.5) is 0 Å². The molecule has 0 radical (unpaired) electrons. The number of rotatable bonds is 0. The van der Waals surface area contributed by atoms with Gasteiger partial charge in [-0.2, -0.15) is 0 Å². The van der Waals surface area contributed by atoms with E-state index in [9.17, 15) is 0 Å². The third-order valence-corrected chi connectivity index (χ3v) is 0. The summed E-state index contributed by atoms with van der Waals surface area (Å²) in [5.41, 5.74) is 0. The van der Waals surface area contributed by atoms with Crippen LogP contribution in [0.15, 0.2) is 0 Å². The maximum atomic E-state index is 4.25. The summed E-state index contributed by atoms with van der Waals surface area (Å²) in [6.45, 7) is 0. The maximum absolute atomic E-state index is 4.25. The van der Waals surface area contributed by atoms with Crippen molar-refractivity contribution in [2.75, 3.05) is 14.2 Å². The molecule has 0 unspecified atom stereocenters. The fourth-order valence-electron chi connectivity index (χ4n) is 0. The van der Waals surface area contributed by atoms with Crippen molar-refractivity contribution in [2.24, 2.45) is 0 Å². The third kappa shape index (κ3) is 1130. The first-order chi connectivity index (χ1) is 1.41. The van der Waals surface area contributed by atoms with Gasteiger partial charge in [-0.05, 0) is 0 Å². The Bertz CT molecular complexity index is 6.85. The molecule has 0 aromatic rings. The molecule has 0 heterocycles. The summed E-state index contributed by atoms with van der Waals surface area (Å²) in [7, 11) is 3.25. The standard InChI is InChI=1S/C2H6O.CH4.H2/c1-3-2;;/h1-2H3;1H4;1H/i;;1+1. The van der Waals surface area contributed by atoms with E-state index in [2.05, 4.69) is 4.74 Å². The van der Waals surface area contributed by atoms with E-state index in [1.807, 2.05) is 0 Å². The molecule has 0 aromatic heterocycles. The van der Waals surface area contributed by atoms with Gasteiger partial charge < -0.3 is 4.74 Å². The number of methoxy groups -OCH3 is 1. The molecule has 0 aromatic carbocycles. The predicted molar refractivity (Wildman–Crippen MR) is 21.8 cm³/mol. The zero-order valence-corrected chi connectivity index (χ0v) is 2.41.